The molecular formula is C24H25N5O2. The maximum atomic E-state index is 12.8. The highest BCUT2D eigenvalue weighted by atomic mass is 16.3. The highest BCUT2D eigenvalue weighted by Gasteiger charge is 2.14. The smallest absolute Gasteiger partial charge is 0.267 e. The number of carbonyl (C=O) groups excluding carboxylic acids is 1. The average molecular weight is 415 g/mol. The number of aliphatic hydroxyl groups is 1. The van der Waals surface area contributed by atoms with Crippen LogP contribution in [0.3, 0.4) is 0 Å². The minimum absolute atomic E-state index is 0.00854. The lowest BCUT2D eigenvalue weighted by molar-refractivity contribution is -0.112. The third kappa shape index (κ3) is 5.38. The van der Waals surface area contributed by atoms with Crippen LogP contribution in [0.5, 0.6) is 0 Å². The van der Waals surface area contributed by atoms with Crippen molar-refractivity contribution in [2.24, 2.45) is 0 Å². The molecule has 0 aliphatic rings. The molecule has 0 fully saturated rings. The predicted octanol–water partition coefficient (Wildman–Crippen LogP) is 3.46. The Bertz CT molecular complexity index is 1120. The number of rotatable bonds is 7. The summed E-state index contributed by atoms with van der Waals surface area (Å²) in [5, 5.41) is 25.8. The van der Waals surface area contributed by atoms with E-state index in [9.17, 15) is 10.1 Å². The molecule has 0 saturated heterocycles. The molecule has 0 aliphatic heterocycles. The van der Waals surface area contributed by atoms with Gasteiger partial charge in [0.15, 0.2) is 0 Å². The summed E-state index contributed by atoms with van der Waals surface area (Å²) < 4.78 is 1.65. The van der Waals surface area contributed by atoms with Crippen molar-refractivity contribution in [3.8, 4) is 11.8 Å². The molecule has 7 nitrogen and oxygen atoms in total. The number of nitrogens with one attached hydrogen (secondary N) is 1. The molecule has 0 spiro atoms. The van der Waals surface area contributed by atoms with Crippen LogP contribution in [0, 0.1) is 25.2 Å². The Morgan fingerprint density at radius 3 is 2.48 bits per heavy atom. The summed E-state index contributed by atoms with van der Waals surface area (Å²) in [4.78, 5) is 14.7. The zero-order valence-corrected chi connectivity index (χ0v) is 17.8. The van der Waals surface area contributed by atoms with Crippen molar-refractivity contribution in [3.63, 3.8) is 0 Å². The van der Waals surface area contributed by atoms with Crippen LogP contribution in [-0.4, -0.2) is 41.0 Å². The van der Waals surface area contributed by atoms with E-state index in [1.165, 1.54) is 0 Å². The summed E-state index contributed by atoms with van der Waals surface area (Å²) in [6.45, 7) is 4.43. The largest absolute Gasteiger partial charge is 0.395 e. The Balaban J connectivity index is 1.81. The van der Waals surface area contributed by atoms with E-state index in [-0.39, 0.29) is 12.2 Å². The number of amides is 1. The third-order valence-corrected chi connectivity index (χ3v) is 4.80. The molecule has 1 amide bonds. The van der Waals surface area contributed by atoms with E-state index in [1.54, 1.807) is 16.8 Å². The van der Waals surface area contributed by atoms with Crippen LogP contribution in [0.4, 0.5) is 11.5 Å². The number of anilines is 2. The van der Waals surface area contributed by atoms with Crippen LogP contribution in [-0.2, 0) is 4.79 Å². The van der Waals surface area contributed by atoms with Gasteiger partial charge in [0.25, 0.3) is 5.91 Å². The van der Waals surface area contributed by atoms with Crippen molar-refractivity contribution in [2.45, 2.75) is 13.8 Å². The Morgan fingerprint density at radius 2 is 1.87 bits per heavy atom. The fraction of sp³-hybridized carbons (Fsp3) is 0.208. The first kappa shape index (κ1) is 21.8. The summed E-state index contributed by atoms with van der Waals surface area (Å²) in [5.74, 6) is -0.00860. The second kappa shape index (κ2) is 9.74. The number of hydrogen-bond acceptors (Lipinski definition) is 5. The topological polar surface area (TPSA) is 94.2 Å². The Kier molecular flexibility index (Phi) is 6.85. The number of nitrogens with zero attached hydrogens (tertiary/aromatic N) is 4. The lowest BCUT2D eigenvalue weighted by Gasteiger charge is -2.17. The number of nitriles is 1. The van der Waals surface area contributed by atoms with Crippen molar-refractivity contribution in [1.29, 1.82) is 5.26 Å². The number of aryl methyl sites for hydroxylation is 2. The van der Waals surface area contributed by atoms with Crippen molar-refractivity contribution < 1.29 is 9.90 Å². The van der Waals surface area contributed by atoms with E-state index in [1.807, 2.05) is 80.4 Å². The SMILES string of the molecule is Cc1ccc(-n2nc(C)cc2NC(=O)/C(C#N)=C/c2ccc(N(C)CCO)cc2)cc1. The molecule has 1 heterocycles. The molecule has 0 unspecified atom stereocenters. The lowest BCUT2D eigenvalue weighted by atomic mass is 10.1. The first-order chi connectivity index (χ1) is 14.9. The van der Waals surface area contributed by atoms with E-state index < -0.39 is 5.91 Å². The maximum Gasteiger partial charge on any atom is 0.267 e. The molecule has 31 heavy (non-hydrogen) atoms. The summed E-state index contributed by atoms with van der Waals surface area (Å²) in [6, 6.07) is 18.9. The number of aliphatic hydroxyl groups excluding tert-OH is 1. The summed E-state index contributed by atoms with van der Waals surface area (Å²) in [6.07, 6.45) is 1.55. The van der Waals surface area contributed by atoms with Crippen molar-refractivity contribution in [1.82, 2.24) is 9.78 Å². The van der Waals surface area contributed by atoms with Crippen molar-refractivity contribution in [2.75, 3.05) is 30.4 Å². The highest BCUT2D eigenvalue weighted by molar-refractivity contribution is 6.09. The van der Waals surface area contributed by atoms with Gasteiger partial charge in [0.05, 0.1) is 18.0 Å². The molecule has 3 aromatic rings. The van der Waals surface area contributed by atoms with E-state index in [0.717, 1.165) is 28.2 Å². The highest BCUT2D eigenvalue weighted by Crippen LogP contribution is 2.20. The number of benzene rings is 2. The second-order valence-corrected chi connectivity index (χ2v) is 7.28. The molecule has 2 aromatic carbocycles. The Morgan fingerprint density at radius 1 is 1.19 bits per heavy atom. The van der Waals surface area contributed by atoms with Gasteiger partial charge < -0.3 is 15.3 Å². The molecule has 7 heteroatoms. The average Bonchev–Trinajstić information content (AvgIpc) is 3.12. The molecule has 0 aliphatic carbocycles. The van der Waals surface area contributed by atoms with Gasteiger partial charge in [-0.05, 0) is 49.8 Å². The Hall–Kier alpha value is -3.89. The lowest BCUT2D eigenvalue weighted by Crippen LogP contribution is -2.20. The molecule has 0 saturated carbocycles. The standard InChI is InChI=1S/C24H25N5O2/c1-17-4-8-22(9-5-17)29-23(14-18(2)27-29)26-24(31)20(16-25)15-19-6-10-21(11-7-19)28(3)12-13-30/h4-11,14-15,30H,12-13H2,1-3H3,(H,26,31)/b20-15+. The molecule has 0 radical (unpaired) electrons. The first-order valence-electron chi connectivity index (χ1n) is 9.90. The van der Waals surface area contributed by atoms with Gasteiger partial charge in [0.2, 0.25) is 0 Å². The van der Waals surface area contributed by atoms with E-state index >= 15 is 0 Å². The summed E-state index contributed by atoms with van der Waals surface area (Å²) in [5.41, 5.74) is 4.36. The third-order valence-electron chi connectivity index (χ3n) is 4.80. The number of carbonyl (C=O) groups is 1. The van der Waals surface area contributed by atoms with Gasteiger partial charge in [-0.25, -0.2) is 4.68 Å². The number of hydrogen-bond donors (Lipinski definition) is 2. The predicted molar refractivity (Wildman–Crippen MR) is 122 cm³/mol. The quantitative estimate of drug-likeness (QED) is 0.455. The minimum atomic E-state index is -0.503. The van der Waals surface area contributed by atoms with Crippen LogP contribution in [0.1, 0.15) is 16.8 Å². The van der Waals surface area contributed by atoms with Gasteiger partial charge >= 0.3 is 0 Å². The maximum absolute atomic E-state index is 12.8. The molecule has 158 valence electrons. The van der Waals surface area contributed by atoms with Crippen LogP contribution >= 0.6 is 0 Å². The van der Waals surface area contributed by atoms with Gasteiger partial charge in [0, 0.05) is 25.3 Å². The van der Waals surface area contributed by atoms with Crippen molar-refractivity contribution in [3.05, 3.63) is 77.0 Å². The first-order valence-corrected chi connectivity index (χ1v) is 9.90. The van der Waals surface area contributed by atoms with Gasteiger partial charge in [0.1, 0.15) is 17.5 Å². The van der Waals surface area contributed by atoms with Gasteiger partial charge in [-0.15, -0.1) is 0 Å². The van der Waals surface area contributed by atoms with Gasteiger partial charge in [-0.1, -0.05) is 29.8 Å². The second-order valence-electron chi connectivity index (χ2n) is 7.28. The van der Waals surface area contributed by atoms with E-state index in [2.05, 4.69) is 10.4 Å². The summed E-state index contributed by atoms with van der Waals surface area (Å²) in [7, 11) is 1.88. The van der Waals surface area contributed by atoms with Crippen molar-refractivity contribution >= 4 is 23.5 Å². The molecule has 1 aromatic heterocycles. The fourth-order valence-corrected chi connectivity index (χ4v) is 3.07. The van der Waals surface area contributed by atoms with Crippen LogP contribution in [0.25, 0.3) is 11.8 Å². The molecule has 3 rings (SSSR count). The monoisotopic (exact) mass is 415 g/mol. The molecule has 0 bridgehead atoms. The van der Waals surface area contributed by atoms with E-state index in [0.29, 0.717) is 12.4 Å². The normalized spacial score (nSPS) is 11.1. The number of aromatic nitrogens is 2. The Labute approximate surface area is 181 Å². The van der Waals surface area contributed by atoms with Crippen LogP contribution in [0.2, 0.25) is 0 Å². The molecule has 0 atom stereocenters. The zero-order valence-electron chi connectivity index (χ0n) is 17.8. The minimum Gasteiger partial charge on any atom is -0.395 e. The summed E-state index contributed by atoms with van der Waals surface area (Å²) >= 11 is 0. The molecular weight excluding hydrogens is 390 g/mol. The molecule has 2 N–H and O–H groups in total. The van der Waals surface area contributed by atoms with Gasteiger partial charge in [-0.2, -0.15) is 10.4 Å². The number of likely N-dealkylation sites (N-methyl/N-ethyl adjacent to an activating group) is 1. The van der Waals surface area contributed by atoms with Crippen LogP contribution < -0.4 is 10.2 Å². The van der Waals surface area contributed by atoms with E-state index in [4.69, 9.17) is 5.11 Å². The van der Waals surface area contributed by atoms with Gasteiger partial charge in [-0.3, -0.25) is 4.79 Å². The van der Waals surface area contributed by atoms with Crippen LogP contribution in [0.15, 0.2) is 60.2 Å². The fourth-order valence-electron chi connectivity index (χ4n) is 3.07. The zero-order chi connectivity index (χ0) is 22.4.